The zero-order valence-electron chi connectivity index (χ0n) is 13.9. The Bertz CT molecular complexity index is 820. The summed E-state index contributed by atoms with van der Waals surface area (Å²) in [6.45, 7) is 4.24. The van der Waals surface area contributed by atoms with Gasteiger partial charge in [-0.25, -0.2) is 4.98 Å². The van der Waals surface area contributed by atoms with Gasteiger partial charge < -0.3 is 9.47 Å². The fourth-order valence-electron chi connectivity index (χ4n) is 3.06. The lowest BCUT2D eigenvalue weighted by atomic mass is 10.2. The summed E-state index contributed by atoms with van der Waals surface area (Å²) in [6.07, 6.45) is 3.88. The maximum atomic E-state index is 12.7. The van der Waals surface area contributed by atoms with Crippen LogP contribution in [-0.2, 0) is 6.54 Å². The van der Waals surface area contributed by atoms with Crippen LogP contribution in [0, 0.1) is 0 Å². The normalized spacial score (nSPS) is 15.4. The van der Waals surface area contributed by atoms with E-state index in [1.165, 1.54) is 16.9 Å². The van der Waals surface area contributed by atoms with Crippen molar-refractivity contribution < 1.29 is 4.79 Å². The van der Waals surface area contributed by atoms with Gasteiger partial charge in [-0.15, -0.1) is 11.3 Å². The third-order valence-corrected chi connectivity index (χ3v) is 5.30. The van der Waals surface area contributed by atoms with E-state index >= 15 is 0 Å². The number of carbonyl (C=O) groups excluding carboxylic acids is 1. The highest BCUT2D eigenvalue weighted by Gasteiger charge is 2.24. The van der Waals surface area contributed by atoms with E-state index in [4.69, 9.17) is 0 Å². The molecule has 3 aromatic rings. The summed E-state index contributed by atoms with van der Waals surface area (Å²) >= 11 is 1.50. The lowest BCUT2D eigenvalue weighted by Crippen LogP contribution is -2.48. The van der Waals surface area contributed by atoms with Crippen LogP contribution in [0.5, 0.6) is 0 Å². The molecule has 0 unspecified atom stereocenters. The maximum absolute atomic E-state index is 12.7. The SMILES string of the molecule is O=C(c1csc(-n2cccc2)n1)N1CCN(Cc2ccccc2)CC1. The second-order valence-electron chi connectivity index (χ2n) is 6.16. The molecule has 2 aromatic heterocycles. The first-order valence-electron chi connectivity index (χ1n) is 8.44. The number of nitrogens with zero attached hydrogens (tertiary/aromatic N) is 4. The summed E-state index contributed by atoms with van der Waals surface area (Å²) in [4.78, 5) is 21.5. The van der Waals surface area contributed by atoms with E-state index in [1.807, 2.05) is 45.4 Å². The molecule has 0 N–H and O–H groups in total. The van der Waals surface area contributed by atoms with E-state index in [2.05, 4.69) is 34.1 Å². The number of piperazine rings is 1. The second kappa shape index (κ2) is 7.21. The van der Waals surface area contributed by atoms with Crippen LogP contribution in [0.4, 0.5) is 0 Å². The van der Waals surface area contributed by atoms with E-state index in [1.54, 1.807) is 0 Å². The molecule has 1 aliphatic rings. The van der Waals surface area contributed by atoms with Crippen molar-refractivity contribution in [3.63, 3.8) is 0 Å². The predicted octanol–water partition coefficient (Wildman–Crippen LogP) is 2.89. The molecule has 128 valence electrons. The smallest absolute Gasteiger partial charge is 0.273 e. The summed E-state index contributed by atoms with van der Waals surface area (Å²) in [7, 11) is 0. The fraction of sp³-hybridized carbons (Fsp3) is 0.263. The number of thiazole rings is 1. The van der Waals surface area contributed by atoms with Gasteiger partial charge in [0.2, 0.25) is 0 Å². The van der Waals surface area contributed by atoms with Gasteiger partial charge >= 0.3 is 0 Å². The largest absolute Gasteiger partial charge is 0.335 e. The molecule has 4 rings (SSSR count). The Morgan fingerprint density at radius 2 is 1.72 bits per heavy atom. The first kappa shape index (κ1) is 16.1. The van der Waals surface area contributed by atoms with Crippen molar-refractivity contribution in [2.45, 2.75) is 6.54 Å². The van der Waals surface area contributed by atoms with Crippen molar-refractivity contribution >= 4 is 17.2 Å². The number of hydrogen-bond acceptors (Lipinski definition) is 4. The van der Waals surface area contributed by atoms with Gasteiger partial charge in [0.15, 0.2) is 5.13 Å². The third kappa shape index (κ3) is 3.65. The van der Waals surface area contributed by atoms with Gasteiger partial charge in [0, 0.05) is 50.5 Å². The molecule has 0 bridgehead atoms. The first-order valence-corrected chi connectivity index (χ1v) is 9.32. The zero-order valence-corrected chi connectivity index (χ0v) is 14.7. The van der Waals surface area contributed by atoms with Crippen molar-refractivity contribution in [3.05, 3.63) is 71.5 Å². The topological polar surface area (TPSA) is 41.4 Å². The highest BCUT2D eigenvalue weighted by atomic mass is 32.1. The van der Waals surface area contributed by atoms with Crippen LogP contribution >= 0.6 is 11.3 Å². The minimum Gasteiger partial charge on any atom is -0.335 e. The molecule has 1 aliphatic heterocycles. The summed E-state index contributed by atoms with van der Waals surface area (Å²) in [6, 6.07) is 14.4. The summed E-state index contributed by atoms with van der Waals surface area (Å²) < 4.78 is 1.93. The van der Waals surface area contributed by atoms with Crippen LogP contribution in [0.1, 0.15) is 16.1 Å². The third-order valence-electron chi connectivity index (χ3n) is 4.45. The van der Waals surface area contributed by atoms with Gasteiger partial charge in [-0.2, -0.15) is 0 Å². The molecule has 1 saturated heterocycles. The standard InChI is InChI=1S/C19H20N4OS/c24-18(17-15-25-19(20-17)23-8-4-5-9-23)22-12-10-21(11-13-22)14-16-6-2-1-3-7-16/h1-9,15H,10-14H2. The van der Waals surface area contributed by atoms with Crippen molar-refractivity contribution in [1.29, 1.82) is 0 Å². The summed E-state index contributed by atoms with van der Waals surface area (Å²) in [5, 5.41) is 2.68. The lowest BCUT2D eigenvalue weighted by molar-refractivity contribution is 0.0623. The first-order chi connectivity index (χ1) is 12.3. The van der Waals surface area contributed by atoms with E-state index in [0.29, 0.717) is 5.69 Å². The molecule has 3 heterocycles. The van der Waals surface area contributed by atoms with Crippen LogP contribution in [0.2, 0.25) is 0 Å². The number of benzene rings is 1. The molecule has 1 aromatic carbocycles. The molecule has 0 atom stereocenters. The second-order valence-corrected chi connectivity index (χ2v) is 7.00. The van der Waals surface area contributed by atoms with E-state index in [-0.39, 0.29) is 5.91 Å². The minimum absolute atomic E-state index is 0.0361. The van der Waals surface area contributed by atoms with Crippen molar-refractivity contribution in [1.82, 2.24) is 19.4 Å². The zero-order chi connectivity index (χ0) is 17.1. The van der Waals surface area contributed by atoms with Crippen LogP contribution < -0.4 is 0 Å². The summed E-state index contributed by atoms with van der Waals surface area (Å²) in [5.41, 5.74) is 1.86. The quantitative estimate of drug-likeness (QED) is 0.725. The number of aromatic nitrogens is 2. The predicted molar refractivity (Wildman–Crippen MR) is 99.1 cm³/mol. The Balaban J connectivity index is 1.35. The van der Waals surface area contributed by atoms with Gasteiger partial charge in [-0.1, -0.05) is 30.3 Å². The molecule has 6 heteroatoms. The average molecular weight is 352 g/mol. The molecule has 1 fully saturated rings. The van der Waals surface area contributed by atoms with E-state index in [0.717, 1.165) is 37.9 Å². The number of rotatable bonds is 4. The van der Waals surface area contributed by atoms with E-state index in [9.17, 15) is 4.79 Å². The highest BCUT2D eigenvalue weighted by Crippen LogP contribution is 2.17. The Morgan fingerprint density at radius 3 is 2.44 bits per heavy atom. The Morgan fingerprint density at radius 1 is 1.00 bits per heavy atom. The van der Waals surface area contributed by atoms with Gasteiger partial charge in [0.1, 0.15) is 5.69 Å². The average Bonchev–Trinajstić information content (AvgIpc) is 3.34. The van der Waals surface area contributed by atoms with E-state index < -0.39 is 0 Å². The minimum atomic E-state index is 0.0361. The van der Waals surface area contributed by atoms with Crippen molar-refractivity contribution in [2.75, 3.05) is 26.2 Å². The molecular weight excluding hydrogens is 332 g/mol. The van der Waals surface area contributed by atoms with Gasteiger partial charge in [0.05, 0.1) is 0 Å². The Labute approximate surface area is 151 Å². The highest BCUT2D eigenvalue weighted by molar-refractivity contribution is 7.12. The molecule has 0 spiro atoms. The van der Waals surface area contributed by atoms with Crippen LogP contribution in [-0.4, -0.2) is 51.4 Å². The molecule has 0 radical (unpaired) electrons. The molecular formula is C19H20N4OS. The molecule has 0 saturated carbocycles. The molecule has 0 aliphatic carbocycles. The van der Waals surface area contributed by atoms with Crippen LogP contribution in [0.3, 0.4) is 0 Å². The summed E-state index contributed by atoms with van der Waals surface area (Å²) in [5.74, 6) is 0.0361. The monoisotopic (exact) mass is 352 g/mol. The van der Waals surface area contributed by atoms with Gasteiger partial charge in [-0.05, 0) is 17.7 Å². The maximum Gasteiger partial charge on any atom is 0.273 e. The van der Waals surface area contributed by atoms with Gasteiger partial charge in [0.25, 0.3) is 5.91 Å². The lowest BCUT2D eigenvalue weighted by Gasteiger charge is -2.34. The number of hydrogen-bond donors (Lipinski definition) is 0. The van der Waals surface area contributed by atoms with Gasteiger partial charge in [-0.3, -0.25) is 9.69 Å². The molecule has 1 amide bonds. The van der Waals surface area contributed by atoms with Crippen molar-refractivity contribution in [3.8, 4) is 5.13 Å². The van der Waals surface area contributed by atoms with Crippen molar-refractivity contribution in [2.24, 2.45) is 0 Å². The fourth-order valence-corrected chi connectivity index (χ4v) is 3.82. The molecule has 5 nitrogen and oxygen atoms in total. The Kier molecular flexibility index (Phi) is 4.63. The van der Waals surface area contributed by atoms with Crippen LogP contribution in [0.15, 0.2) is 60.2 Å². The number of amides is 1. The Hall–Kier alpha value is -2.44. The molecule has 25 heavy (non-hydrogen) atoms. The van der Waals surface area contributed by atoms with Crippen LogP contribution in [0.25, 0.3) is 5.13 Å². The number of carbonyl (C=O) groups is 1.